The van der Waals surface area contributed by atoms with Gasteiger partial charge in [0, 0.05) is 11.3 Å². The van der Waals surface area contributed by atoms with E-state index in [9.17, 15) is 10.1 Å². The van der Waals surface area contributed by atoms with Gasteiger partial charge in [-0.1, -0.05) is 48.5 Å². The second kappa shape index (κ2) is 6.88. The van der Waals surface area contributed by atoms with Gasteiger partial charge in [-0.25, -0.2) is 4.79 Å². The fourth-order valence-electron chi connectivity index (χ4n) is 3.40. The Morgan fingerprint density at radius 3 is 2.59 bits per heavy atom. The predicted octanol–water partition coefficient (Wildman–Crippen LogP) is 3.69. The maximum atomic E-state index is 13.1. The van der Waals surface area contributed by atoms with Crippen LogP contribution >= 0.6 is 11.3 Å². The molecule has 2 heterocycles. The molecule has 1 aliphatic rings. The molecule has 3 aromatic rings. The maximum absolute atomic E-state index is 13.1. The molecule has 0 saturated heterocycles. The highest BCUT2D eigenvalue weighted by molar-refractivity contribution is 7.14. The van der Waals surface area contributed by atoms with Gasteiger partial charge < -0.3 is 15.4 Å². The van der Waals surface area contributed by atoms with Crippen LogP contribution in [0.25, 0.3) is 0 Å². The average molecular weight is 375 g/mol. The number of fused-ring (bicyclic) bond motifs is 1. The van der Waals surface area contributed by atoms with Crippen LogP contribution in [-0.4, -0.2) is 12.0 Å². The van der Waals surface area contributed by atoms with Crippen LogP contribution in [0.5, 0.6) is 0 Å². The van der Waals surface area contributed by atoms with Gasteiger partial charge in [0.25, 0.3) is 0 Å². The van der Waals surface area contributed by atoms with Gasteiger partial charge in [-0.15, -0.1) is 11.3 Å². The molecule has 2 N–H and O–H groups in total. The summed E-state index contributed by atoms with van der Waals surface area (Å²) >= 11 is 1.48. The Balaban J connectivity index is 1.72. The van der Waals surface area contributed by atoms with Crippen LogP contribution in [0, 0.1) is 11.3 Å². The Labute approximate surface area is 161 Å². The second-order valence-corrected chi connectivity index (χ2v) is 7.24. The number of carbonyl (C=O) groups excluding carboxylic acids is 1. The molecule has 0 aliphatic carbocycles. The molecule has 0 saturated carbocycles. The molecule has 134 valence electrons. The lowest BCUT2D eigenvalue weighted by atomic mass is 9.88. The van der Waals surface area contributed by atoms with Crippen LogP contribution in [0.2, 0.25) is 0 Å². The number of carbonyl (C=O) groups is 1. The number of benzene rings is 2. The summed E-state index contributed by atoms with van der Waals surface area (Å²) in [6, 6.07) is 21.8. The van der Waals surface area contributed by atoms with E-state index in [1.54, 1.807) is 6.07 Å². The van der Waals surface area contributed by atoms with E-state index < -0.39 is 17.6 Å². The quantitative estimate of drug-likeness (QED) is 0.704. The van der Waals surface area contributed by atoms with E-state index in [2.05, 4.69) is 6.07 Å². The monoisotopic (exact) mass is 375 g/mol. The molecule has 1 aliphatic heterocycles. The first-order valence-corrected chi connectivity index (χ1v) is 9.36. The van der Waals surface area contributed by atoms with Crippen molar-refractivity contribution in [2.45, 2.75) is 18.2 Å². The summed E-state index contributed by atoms with van der Waals surface area (Å²) in [4.78, 5) is 14.9. The van der Waals surface area contributed by atoms with Crippen molar-refractivity contribution in [3.8, 4) is 6.07 Å². The largest absolute Gasteiger partial charge is 0.459 e. The van der Waals surface area contributed by atoms with Crippen molar-refractivity contribution >= 4 is 28.0 Å². The third kappa shape index (κ3) is 2.87. The summed E-state index contributed by atoms with van der Waals surface area (Å²) in [6.07, 6.45) is 0. The minimum Gasteiger partial charge on any atom is -0.459 e. The number of esters is 1. The molecular weight excluding hydrogens is 358 g/mol. The molecule has 0 fully saturated rings. The van der Waals surface area contributed by atoms with Crippen LogP contribution in [0.4, 0.5) is 10.7 Å². The van der Waals surface area contributed by atoms with E-state index in [1.807, 2.05) is 70.9 Å². The van der Waals surface area contributed by atoms with Crippen molar-refractivity contribution < 1.29 is 9.53 Å². The van der Waals surface area contributed by atoms with Gasteiger partial charge in [-0.05, 0) is 29.1 Å². The SMILES string of the molecule is N#CC1(N)c2ccccc2N(c2cccs2)C1C(=O)OCc1ccccc1. The Morgan fingerprint density at radius 1 is 1.15 bits per heavy atom. The van der Waals surface area contributed by atoms with Crippen LogP contribution in [-0.2, 0) is 21.7 Å². The first-order valence-electron chi connectivity index (χ1n) is 8.48. The number of nitrogens with two attached hydrogens (primary N) is 1. The first-order chi connectivity index (χ1) is 13.1. The van der Waals surface area contributed by atoms with Gasteiger partial charge in [-0.3, -0.25) is 0 Å². The summed E-state index contributed by atoms with van der Waals surface area (Å²) < 4.78 is 5.56. The van der Waals surface area contributed by atoms with Gasteiger partial charge >= 0.3 is 5.97 Å². The number of nitrogens with zero attached hydrogens (tertiary/aromatic N) is 2. The third-order valence-corrected chi connectivity index (χ3v) is 5.54. The van der Waals surface area contributed by atoms with Crippen molar-refractivity contribution in [2.24, 2.45) is 5.73 Å². The molecule has 0 bridgehead atoms. The number of thiophene rings is 1. The first kappa shape index (κ1) is 17.3. The normalized spacial score (nSPS) is 20.7. The average Bonchev–Trinajstić information content (AvgIpc) is 3.32. The molecule has 5 nitrogen and oxygen atoms in total. The lowest BCUT2D eigenvalue weighted by Gasteiger charge is -2.29. The number of para-hydroxylation sites is 1. The minimum absolute atomic E-state index is 0.131. The number of anilines is 2. The van der Waals surface area contributed by atoms with Crippen LogP contribution in [0.3, 0.4) is 0 Å². The smallest absolute Gasteiger partial charge is 0.332 e. The second-order valence-electron chi connectivity index (χ2n) is 6.32. The van der Waals surface area contributed by atoms with Crippen molar-refractivity contribution in [1.82, 2.24) is 0 Å². The molecule has 0 amide bonds. The van der Waals surface area contributed by atoms with Crippen molar-refractivity contribution in [3.63, 3.8) is 0 Å². The lowest BCUT2D eigenvalue weighted by molar-refractivity contribution is -0.147. The highest BCUT2D eigenvalue weighted by Gasteiger charge is 2.54. The molecule has 2 atom stereocenters. The van der Waals surface area contributed by atoms with Gasteiger partial charge in [0.2, 0.25) is 0 Å². The van der Waals surface area contributed by atoms with Crippen molar-refractivity contribution in [1.29, 1.82) is 5.26 Å². The van der Waals surface area contributed by atoms with Crippen LogP contribution in [0.1, 0.15) is 11.1 Å². The molecule has 1 aromatic heterocycles. The molecule has 2 unspecified atom stereocenters. The Kier molecular flexibility index (Phi) is 4.40. The predicted molar refractivity (Wildman–Crippen MR) is 104 cm³/mol. The van der Waals surface area contributed by atoms with Gasteiger partial charge in [-0.2, -0.15) is 5.26 Å². The van der Waals surface area contributed by atoms with Gasteiger partial charge in [0.05, 0.1) is 11.1 Å². The van der Waals surface area contributed by atoms with Crippen molar-refractivity contribution in [2.75, 3.05) is 4.90 Å². The number of rotatable bonds is 4. The number of hydrogen-bond donors (Lipinski definition) is 1. The topological polar surface area (TPSA) is 79.4 Å². The molecular formula is C21H17N3O2S. The zero-order valence-corrected chi connectivity index (χ0v) is 15.2. The Bertz CT molecular complexity index is 998. The van der Waals surface area contributed by atoms with Gasteiger partial charge in [0.1, 0.15) is 6.61 Å². The molecule has 27 heavy (non-hydrogen) atoms. The Morgan fingerprint density at radius 2 is 1.89 bits per heavy atom. The summed E-state index contributed by atoms with van der Waals surface area (Å²) in [7, 11) is 0. The number of nitriles is 1. The molecule has 0 spiro atoms. The number of hydrogen-bond acceptors (Lipinski definition) is 6. The van der Waals surface area contributed by atoms with Crippen LogP contribution < -0.4 is 10.6 Å². The highest BCUT2D eigenvalue weighted by atomic mass is 32.1. The van der Waals surface area contributed by atoms with E-state index in [0.29, 0.717) is 5.56 Å². The summed E-state index contributed by atoms with van der Waals surface area (Å²) in [5.74, 6) is -0.521. The standard InChI is InChI=1S/C21H17N3O2S/c22-14-21(23)16-9-4-5-10-17(16)24(18-11-6-12-27-18)19(21)20(25)26-13-15-7-2-1-3-8-15/h1-12,19H,13,23H2. The lowest BCUT2D eigenvalue weighted by Crippen LogP contribution is -2.53. The minimum atomic E-state index is -1.49. The summed E-state index contributed by atoms with van der Waals surface area (Å²) in [5, 5.41) is 12.6. The zero-order valence-electron chi connectivity index (χ0n) is 14.4. The van der Waals surface area contributed by atoms with E-state index in [-0.39, 0.29) is 6.61 Å². The fourth-order valence-corrected chi connectivity index (χ4v) is 4.17. The van der Waals surface area contributed by atoms with Gasteiger partial charge in [0.15, 0.2) is 11.6 Å². The molecule has 0 radical (unpaired) electrons. The van der Waals surface area contributed by atoms with E-state index in [4.69, 9.17) is 10.5 Å². The Hall–Kier alpha value is -3.14. The summed E-state index contributed by atoms with van der Waals surface area (Å²) in [6.45, 7) is 0.131. The molecule has 2 aromatic carbocycles. The van der Waals surface area contributed by atoms with Crippen LogP contribution in [0.15, 0.2) is 72.1 Å². The van der Waals surface area contributed by atoms with E-state index in [1.165, 1.54) is 11.3 Å². The van der Waals surface area contributed by atoms with E-state index in [0.717, 1.165) is 16.3 Å². The number of ether oxygens (including phenoxy) is 1. The summed E-state index contributed by atoms with van der Waals surface area (Å²) in [5.41, 5.74) is 7.25. The van der Waals surface area contributed by atoms with Crippen molar-refractivity contribution in [3.05, 3.63) is 83.2 Å². The molecule has 4 rings (SSSR count). The maximum Gasteiger partial charge on any atom is 0.332 e. The molecule has 6 heteroatoms. The highest BCUT2D eigenvalue weighted by Crippen LogP contribution is 2.47. The van der Waals surface area contributed by atoms with E-state index >= 15 is 0 Å². The zero-order chi connectivity index (χ0) is 18.9. The third-order valence-electron chi connectivity index (χ3n) is 4.67. The fraction of sp³-hybridized carbons (Fsp3) is 0.143.